The van der Waals surface area contributed by atoms with Crippen LogP contribution in [0, 0.1) is 0 Å². The highest BCUT2D eigenvalue weighted by Crippen LogP contribution is 2.22. The third-order valence-corrected chi connectivity index (χ3v) is 3.64. The SMILES string of the molecule is COCC(=O)N1CCC(N2CCCC2=O)CC1. The van der Waals surface area contributed by atoms with Gasteiger partial charge in [0.15, 0.2) is 0 Å². The van der Waals surface area contributed by atoms with Crippen molar-refractivity contribution < 1.29 is 14.3 Å². The first-order valence-corrected chi connectivity index (χ1v) is 6.28. The highest BCUT2D eigenvalue weighted by Gasteiger charge is 2.31. The maximum Gasteiger partial charge on any atom is 0.248 e. The molecule has 96 valence electrons. The summed E-state index contributed by atoms with van der Waals surface area (Å²) in [5, 5.41) is 0. The lowest BCUT2D eigenvalue weighted by Crippen LogP contribution is -2.47. The minimum Gasteiger partial charge on any atom is -0.375 e. The maximum absolute atomic E-state index is 11.6. The van der Waals surface area contributed by atoms with Gasteiger partial charge >= 0.3 is 0 Å². The van der Waals surface area contributed by atoms with Crippen molar-refractivity contribution in [3.63, 3.8) is 0 Å². The van der Waals surface area contributed by atoms with Crippen LogP contribution >= 0.6 is 0 Å². The Morgan fingerprint density at radius 1 is 1.35 bits per heavy atom. The molecule has 2 aliphatic rings. The second-order valence-electron chi connectivity index (χ2n) is 4.74. The molecule has 0 aliphatic carbocycles. The Hall–Kier alpha value is -1.10. The molecule has 17 heavy (non-hydrogen) atoms. The van der Waals surface area contributed by atoms with Crippen molar-refractivity contribution in [2.45, 2.75) is 31.7 Å². The number of carbonyl (C=O) groups excluding carboxylic acids is 2. The predicted octanol–water partition coefficient (Wildman–Crippen LogP) is 0.246. The molecular weight excluding hydrogens is 220 g/mol. The van der Waals surface area contributed by atoms with Gasteiger partial charge < -0.3 is 14.5 Å². The van der Waals surface area contributed by atoms with Crippen molar-refractivity contribution in [1.82, 2.24) is 9.80 Å². The van der Waals surface area contributed by atoms with Crippen LogP contribution < -0.4 is 0 Å². The third kappa shape index (κ3) is 2.77. The Morgan fingerprint density at radius 2 is 2.06 bits per heavy atom. The summed E-state index contributed by atoms with van der Waals surface area (Å²) in [4.78, 5) is 27.1. The van der Waals surface area contributed by atoms with Crippen molar-refractivity contribution in [2.24, 2.45) is 0 Å². The van der Waals surface area contributed by atoms with E-state index in [1.54, 1.807) is 0 Å². The molecule has 0 bridgehead atoms. The number of carbonyl (C=O) groups is 2. The van der Waals surface area contributed by atoms with Crippen molar-refractivity contribution in [3.05, 3.63) is 0 Å². The predicted molar refractivity (Wildman–Crippen MR) is 62.4 cm³/mol. The fourth-order valence-corrected chi connectivity index (χ4v) is 2.70. The number of nitrogens with zero attached hydrogens (tertiary/aromatic N) is 2. The first-order chi connectivity index (χ1) is 8.22. The molecule has 0 aromatic carbocycles. The van der Waals surface area contributed by atoms with E-state index < -0.39 is 0 Å². The van der Waals surface area contributed by atoms with Crippen molar-refractivity contribution >= 4 is 11.8 Å². The number of methoxy groups -OCH3 is 1. The highest BCUT2D eigenvalue weighted by atomic mass is 16.5. The molecule has 0 saturated carbocycles. The molecule has 2 rings (SSSR count). The van der Waals surface area contributed by atoms with Gasteiger partial charge in [-0.3, -0.25) is 9.59 Å². The van der Waals surface area contributed by atoms with Gasteiger partial charge in [-0.25, -0.2) is 0 Å². The topological polar surface area (TPSA) is 49.9 Å². The standard InChI is InChI=1S/C12H20N2O3/c1-17-9-12(16)13-7-4-10(5-8-13)14-6-2-3-11(14)15/h10H,2-9H2,1H3. The molecule has 0 aromatic heterocycles. The van der Waals surface area contributed by atoms with E-state index in [0.29, 0.717) is 12.5 Å². The van der Waals surface area contributed by atoms with E-state index in [9.17, 15) is 9.59 Å². The number of ether oxygens (including phenoxy) is 1. The Kier molecular flexibility index (Phi) is 3.99. The quantitative estimate of drug-likeness (QED) is 0.710. The molecule has 2 amide bonds. The Morgan fingerprint density at radius 3 is 2.59 bits per heavy atom. The zero-order chi connectivity index (χ0) is 12.3. The first-order valence-electron chi connectivity index (χ1n) is 6.28. The minimum atomic E-state index is 0.0544. The van der Waals surface area contributed by atoms with Crippen molar-refractivity contribution in [2.75, 3.05) is 33.4 Å². The van der Waals surface area contributed by atoms with E-state index >= 15 is 0 Å². The average molecular weight is 240 g/mol. The van der Waals surface area contributed by atoms with Gasteiger partial charge in [0, 0.05) is 39.2 Å². The van der Waals surface area contributed by atoms with Gasteiger partial charge in [0.1, 0.15) is 6.61 Å². The van der Waals surface area contributed by atoms with E-state index in [-0.39, 0.29) is 18.4 Å². The van der Waals surface area contributed by atoms with Crippen LogP contribution in [0.1, 0.15) is 25.7 Å². The maximum atomic E-state index is 11.6. The summed E-state index contributed by atoms with van der Waals surface area (Å²) in [6.45, 7) is 2.55. The molecule has 2 fully saturated rings. The zero-order valence-electron chi connectivity index (χ0n) is 10.4. The highest BCUT2D eigenvalue weighted by molar-refractivity contribution is 5.79. The average Bonchev–Trinajstić information content (AvgIpc) is 2.76. The van der Waals surface area contributed by atoms with Gasteiger partial charge in [0.05, 0.1) is 0 Å². The summed E-state index contributed by atoms with van der Waals surface area (Å²) in [6, 6.07) is 0.344. The van der Waals surface area contributed by atoms with Crippen molar-refractivity contribution in [1.29, 1.82) is 0 Å². The molecule has 2 aliphatic heterocycles. The monoisotopic (exact) mass is 240 g/mol. The van der Waals surface area contributed by atoms with Crippen LogP contribution in [-0.2, 0) is 14.3 Å². The molecule has 5 nitrogen and oxygen atoms in total. The number of piperidine rings is 1. The summed E-state index contributed by atoms with van der Waals surface area (Å²) < 4.78 is 4.84. The van der Waals surface area contributed by atoms with E-state index in [1.807, 2.05) is 9.80 Å². The van der Waals surface area contributed by atoms with Crippen LogP contribution in [0.4, 0.5) is 0 Å². The Balaban J connectivity index is 1.81. The van der Waals surface area contributed by atoms with E-state index in [1.165, 1.54) is 7.11 Å². The lowest BCUT2D eigenvalue weighted by Gasteiger charge is -2.36. The summed E-state index contributed by atoms with van der Waals surface area (Å²) in [5.41, 5.74) is 0. The normalized spacial score (nSPS) is 22.3. The van der Waals surface area contributed by atoms with Gasteiger partial charge in [0.25, 0.3) is 0 Å². The fraction of sp³-hybridized carbons (Fsp3) is 0.833. The van der Waals surface area contributed by atoms with Gasteiger partial charge in [-0.2, -0.15) is 0 Å². The number of hydrogen-bond acceptors (Lipinski definition) is 3. The molecule has 0 radical (unpaired) electrons. The third-order valence-electron chi connectivity index (χ3n) is 3.64. The van der Waals surface area contributed by atoms with Crippen LogP contribution in [0.3, 0.4) is 0 Å². The smallest absolute Gasteiger partial charge is 0.248 e. The first kappa shape index (κ1) is 12.4. The molecule has 0 unspecified atom stereocenters. The van der Waals surface area contributed by atoms with Crippen molar-refractivity contribution in [3.8, 4) is 0 Å². The summed E-state index contributed by atoms with van der Waals surface area (Å²) in [5.74, 6) is 0.338. The number of amides is 2. The zero-order valence-corrected chi connectivity index (χ0v) is 10.4. The lowest BCUT2D eigenvalue weighted by molar-refractivity contribution is -0.137. The molecule has 0 N–H and O–H groups in total. The summed E-state index contributed by atoms with van der Waals surface area (Å²) in [6.07, 6.45) is 3.49. The molecule has 2 heterocycles. The molecule has 2 saturated heterocycles. The van der Waals surface area contributed by atoms with E-state index in [4.69, 9.17) is 4.74 Å². The molecular formula is C12H20N2O3. The molecule has 0 spiro atoms. The Labute approximate surface area is 102 Å². The number of rotatable bonds is 3. The Bertz CT molecular complexity index is 298. The second kappa shape index (κ2) is 5.49. The minimum absolute atomic E-state index is 0.0544. The van der Waals surface area contributed by atoms with Crippen LogP contribution in [-0.4, -0.2) is 61.0 Å². The van der Waals surface area contributed by atoms with Crippen LogP contribution in [0.15, 0.2) is 0 Å². The van der Waals surface area contributed by atoms with Crippen LogP contribution in [0.5, 0.6) is 0 Å². The van der Waals surface area contributed by atoms with E-state index in [0.717, 1.165) is 38.9 Å². The van der Waals surface area contributed by atoms with Gasteiger partial charge in [0.2, 0.25) is 11.8 Å². The lowest BCUT2D eigenvalue weighted by atomic mass is 10.0. The van der Waals surface area contributed by atoms with E-state index in [2.05, 4.69) is 0 Å². The van der Waals surface area contributed by atoms with Crippen LogP contribution in [0.2, 0.25) is 0 Å². The summed E-state index contributed by atoms with van der Waals surface area (Å²) in [7, 11) is 1.54. The second-order valence-corrected chi connectivity index (χ2v) is 4.74. The fourth-order valence-electron chi connectivity index (χ4n) is 2.70. The number of hydrogen-bond donors (Lipinski definition) is 0. The molecule has 0 atom stereocenters. The largest absolute Gasteiger partial charge is 0.375 e. The van der Waals surface area contributed by atoms with Gasteiger partial charge in [-0.05, 0) is 19.3 Å². The number of likely N-dealkylation sites (tertiary alicyclic amines) is 2. The van der Waals surface area contributed by atoms with Gasteiger partial charge in [-0.1, -0.05) is 0 Å². The van der Waals surface area contributed by atoms with Crippen LogP contribution in [0.25, 0.3) is 0 Å². The summed E-state index contributed by atoms with van der Waals surface area (Å²) >= 11 is 0. The van der Waals surface area contributed by atoms with Gasteiger partial charge in [-0.15, -0.1) is 0 Å². The molecule has 0 aromatic rings. The molecule has 5 heteroatoms.